The second kappa shape index (κ2) is 10.9. The van der Waals surface area contributed by atoms with E-state index in [2.05, 4.69) is 23.5 Å². The number of anilines is 1. The molecule has 5 heteroatoms. The maximum absolute atomic E-state index is 13.3. The average Bonchev–Trinajstić information content (AvgIpc) is 3.37. The highest BCUT2D eigenvalue weighted by molar-refractivity contribution is 6.10. The summed E-state index contributed by atoms with van der Waals surface area (Å²) in [6, 6.07) is 38.5. The Labute approximate surface area is 232 Å². The number of benzene rings is 5. The quantitative estimate of drug-likeness (QED) is 0.219. The van der Waals surface area contributed by atoms with Gasteiger partial charge in [0.05, 0.1) is 0 Å². The minimum Gasteiger partial charge on any atom is -0.478 e. The Morgan fingerprint density at radius 2 is 1.48 bits per heavy atom. The molecule has 0 aromatic heterocycles. The fraction of sp³-hybridized carbons (Fsp3) is 0.0857. The number of carbonyl (C=O) groups is 2. The number of ether oxygens (including phenoxy) is 1. The van der Waals surface area contributed by atoms with Gasteiger partial charge in [0, 0.05) is 17.7 Å². The number of carboxylic acid groups (broad SMARTS) is 1. The second-order valence-corrected chi connectivity index (χ2v) is 9.87. The van der Waals surface area contributed by atoms with Gasteiger partial charge in [0.1, 0.15) is 5.75 Å². The molecule has 0 bridgehead atoms. The van der Waals surface area contributed by atoms with Crippen LogP contribution in [0.15, 0.2) is 121 Å². The summed E-state index contributed by atoms with van der Waals surface area (Å²) in [6.07, 6.45) is 0.107. The lowest BCUT2D eigenvalue weighted by Gasteiger charge is -2.16. The lowest BCUT2D eigenvalue weighted by Crippen LogP contribution is -2.29. The maximum atomic E-state index is 13.3. The van der Waals surface area contributed by atoms with Crippen LogP contribution >= 0.6 is 0 Å². The minimum absolute atomic E-state index is 0.144. The molecule has 1 aliphatic rings. The number of fused-ring (bicyclic) bond motifs is 3. The van der Waals surface area contributed by atoms with Crippen LogP contribution in [0.25, 0.3) is 22.3 Å². The van der Waals surface area contributed by atoms with E-state index in [9.17, 15) is 14.7 Å². The highest BCUT2D eigenvalue weighted by Crippen LogP contribution is 2.39. The Morgan fingerprint density at radius 1 is 0.750 bits per heavy atom. The fourth-order valence-electron chi connectivity index (χ4n) is 5.24. The predicted octanol–water partition coefficient (Wildman–Crippen LogP) is 7.25. The van der Waals surface area contributed by atoms with Crippen LogP contribution in [-0.2, 0) is 17.6 Å². The number of rotatable bonds is 8. The molecule has 0 spiro atoms. The van der Waals surface area contributed by atoms with Crippen molar-refractivity contribution in [3.05, 3.63) is 144 Å². The van der Waals surface area contributed by atoms with Crippen LogP contribution in [-0.4, -0.2) is 23.1 Å². The van der Waals surface area contributed by atoms with E-state index in [4.69, 9.17) is 4.74 Å². The average molecular weight is 526 g/mol. The van der Waals surface area contributed by atoms with Gasteiger partial charge in [0.25, 0.3) is 5.91 Å². The molecule has 1 amide bonds. The van der Waals surface area contributed by atoms with Crippen molar-refractivity contribution in [3.8, 4) is 28.0 Å². The molecule has 40 heavy (non-hydrogen) atoms. The molecular weight excluding hydrogens is 498 g/mol. The van der Waals surface area contributed by atoms with E-state index in [1.807, 2.05) is 97.1 Å². The van der Waals surface area contributed by atoms with Crippen molar-refractivity contribution in [1.29, 1.82) is 0 Å². The Kier molecular flexibility index (Phi) is 6.86. The van der Waals surface area contributed by atoms with Gasteiger partial charge >= 0.3 is 5.97 Å². The fourth-order valence-corrected chi connectivity index (χ4v) is 5.24. The number of amides is 1. The molecule has 6 rings (SSSR count). The van der Waals surface area contributed by atoms with E-state index < -0.39 is 12.1 Å². The molecule has 1 atom stereocenters. The van der Waals surface area contributed by atoms with Gasteiger partial charge < -0.3 is 15.2 Å². The van der Waals surface area contributed by atoms with E-state index in [0.717, 1.165) is 34.2 Å². The number of carboxylic acids is 1. The summed E-state index contributed by atoms with van der Waals surface area (Å²) < 4.78 is 5.87. The first-order valence-corrected chi connectivity index (χ1v) is 13.2. The smallest absolute Gasteiger partial charge is 0.345 e. The maximum Gasteiger partial charge on any atom is 0.345 e. The van der Waals surface area contributed by atoms with E-state index in [1.165, 1.54) is 11.1 Å². The second-order valence-electron chi connectivity index (χ2n) is 9.87. The molecule has 0 saturated carbocycles. The summed E-state index contributed by atoms with van der Waals surface area (Å²) in [6.45, 7) is 0. The highest BCUT2D eigenvalue weighted by Gasteiger charge is 2.24. The first kappa shape index (κ1) is 25.1. The Hall–Kier alpha value is -5.16. The molecular formula is C35H27NO4. The highest BCUT2D eigenvalue weighted by atomic mass is 16.5. The third-order valence-corrected chi connectivity index (χ3v) is 7.19. The third kappa shape index (κ3) is 5.22. The van der Waals surface area contributed by atoms with Gasteiger partial charge in [-0.2, -0.15) is 0 Å². The predicted molar refractivity (Wildman–Crippen MR) is 157 cm³/mol. The number of nitrogens with one attached hydrogen (secondary N) is 1. The zero-order valence-corrected chi connectivity index (χ0v) is 21.7. The van der Waals surface area contributed by atoms with Gasteiger partial charge in [-0.25, -0.2) is 4.79 Å². The lowest BCUT2D eigenvalue weighted by molar-refractivity contribution is -0.145. The molecule has 5 nitrogen and oxygen atoms in total. The summed E-state index contributed by atoms with van der Waals surface area (Å²) in [4.78, 5) is 25.2. The van der Waals surface area contributed by atoms with Crippen molar-refractivity contribution in [3.63, 3.8) is 0 Å². The molecule has 0 fully saturated rings. The van der Waals surface area contributed by atoms with Crippen LogP contribution in [0.4, 0.5) is 5.69 Å². The van der Waals surface area contributed by atoms with Crippen LogP contribution in [0.5, 0.6) is 5.75 Å². The molecule has 0 radical (unpaired) electrons. The molecule has 0 saturated heterocycles. The Balaban J connectivity index is 1.17. The first-order valence-electron chi connectivity index (χ1n) is 13.2. The van der Waals surface area contributed by atoms with Crippen LogP contribution in [0.2, 0.25) is 0 Å². The van der Waals surface area contributed by atoms with Crippen LogP contribution in [0, 0.1) is 0 Å². The number of carbonyl (C=O) groups excluding carboxylic acids is 1. The monoisotopic (exact) mass is 525 g/mol. The van der Waals surface area contributed by atoms with Crippen molar-refractivity contribution < 1.29 is 19.4 Å². The Morgan fingerprint density at radius 3 is 2.27 bits per heavy atom. The number of hydrogen-bond donors (Lipinski definition) is 2. The molecule has 1 aliphatic carbocycles. The van der Waals surface area contributed by atoms with Gasteiger partial charge in [0.2, 0.25) is 0 Å². The number of aliphatic carboxylic acids is 1. The van der Waals surface area contributed by atoms with Crippen molar-refractivity contribution in [2.45, 2.75) is 18.9 Å². The molecule has 1 unspecified atom stereocenters. The molecule has 0 heterocycles. The van der Waals surface area contributed by atoms with Crippen molar-refractivity contribution in [2.24, 2.45) is 0 Å². The van der Waals surface area contributed by atoms with Crippen molar-refractivity contribution in [1.82, 2.24) is 0 Å². The molecule has 2 N–H and O–H groups in total. The van der Waals surface area contributed by atoms with E-state index in [1.54, 1.807) is 6.07 Å². The zero-order valence-electron chi connectivity index (χ0n) is 21.7. The van der Waals surface area contributed by atoms with Crippen molar-refractivity contribution >= 4 is 17.6 Å². The summed E-state index contributed by atoms with van der Waals surface area (Å²) in [5.41, 5.74) is 8.60. The third-order valence-electron chi connectivity index (χ3n) is 7.19. The van der Waals surface area contributed by atoms with Crippen LogP contribution in [0.3, 0.4) is 0 Å². The first-order chi connectivity index (χ1) is 19.5. The summed E-state index contributed by atoms with van der Waals surface area (Å²) in [7, 11) is 0. The molecule has 5 aromatic rings. The van der Waals surface area contributed by atoms with Gasteiger partial charge in [-0.05, 0) is 75.7 Å². The normalized spacial score (nSPS) is 12.2. The molecule has 5 aromatic carbocycles. The lowest BCUT2D eigenvalue weighted by atomic mass is 9.99. The standard InChI is InChI=1S/C35H27NO4/c37-34(31-15-7-12-27-21-26-10-4-5-14-30(26)33(27)31)36-28-18-16-24(17-19-28)25-11-6-13-29(22-25)40-32(35(38)39)20-23-8-2-1-3-9-23/h1-19,22,32H,20-21H2,(H,36,37)(H,38,39). The van der Waals surface area contributed by atoms with Crippen molar-refractivity contribution in [2.75, 3.05) is 5.32 Å². The minimum atomic E-state index is -1.01. The topological polar surface area (TPSA) is 75.6 Å². The SMILES string of the molecule is O=C(Nc1ccc(-c2cccc(OC(Cc3ccccc3)C(=O)O)c2)cc1)c1cccc2c1-c1ccccc1C2. The van der Waals surface area contributed by atoms with Crippen LogP contribution in [0.1, 0.15) is 27.0 Å². The van der Waals surface area contributed by atoms with Crippen LogP contribution < -0.4 is 10.1 Å². The van der Waals surface area contributed by atoms with E-state index >= 15 is 0 Å². The Bertz CT molecular complexity index is 1690. The van der Waals surface area contributed by atoms with Gasteiger partial charge in [0.15, 0.2) is 6.10 Å². The van der Waals surface area contributed by atoms with Gasteiger partial charge in [-0.15, -0.1) is 0 Å². The van der Waals surface area contributed by atoms with E-state index in [-0.39, 0.29) is 12.3 Å². The van der Waals surface area contributed by atoms with E-state index in [0.29, 0.717) is 17.0 Å². The zero-order chi connectivity index (χ0) is 27.5. The largest absolute Gasteiger partial charge is 0.478 e. The molecule has 196 valence electrons. The van der Waals surface area contributed by atoms with Gasteiger partial charge in [-0.3, -0.25) is 4.79 Å². The van der Waals surface area contributed by atoms with Gasteiger partial charge in [-0.1, -0.05) is 91.0 Å². The summed E-state index contributed by atoms with van der Waals surface area (Å²) >= 11 is 0. The summed E-state index contributed by atoms with van der Waals surface area (Å²) in [5.74, 6) is -0.673. The molecule has 0 aliphatic heterocycles. The summed E-state index contributed by atoms with van der Waals surface area (Å²) in [5, 5.41) is 12.7. The number of hydrogen-bond acceptors (Lipinski definition) is 3.